The van der Waals surface area contributed by atoms with E-state index in [1.807, 2.05) is 0 Å². The minimum Gasteiger partial charge on any atom is -0.461 e. The quantitative estimate of drug-likeness (QED) is 0.350. The van der Waals surface area contributed by atoms with Gasteiger partial charge in [0.2, 0.25) is 5.78 Å². The Labute approximate surface area is 131 Å². The maximum absolute atomic E-state index is 12.5. The zero-order valence-corrected chi connectivity index (χ0v) is 12.7. The zero-order chi connectivity index (χ0) is 17.0. The molecule has 1 heterocycles. The number of ketones is 1. The summed E-state index contributed by atoms with van der Waals surface area (Å²) in [5.41, 5.74) is -0.282. The Morgan fingerprint density at radius 1 is 1.30 bits per heavy atom. The van der Waals surface area contributed by atoms with Crippen molar-refractivity contribution in [2.75, 3.05) is 6.61 Å². The van der Waals surface area contributed by atoms with E-state index in [-0.39, 0.29) is 29.2 Å². The third kappa shape index (κ3) is 3.25. The van der Waals surface area contributed by atoms with Crippen molar-refractivity contribution in [3.63, 3.8) is 0 Å². The average Bonchev–Trinajstić information content (AvgIpc) is 2.98. The van der Waals surface area contributed by atoms with E-state index >= 15 is 0 Å². The van der Waals surface area contributed by atoms with Gasteiger partial charge in [-0.05, 0) is 19.9 Å². The van der Waals surface area contributed by atoms with E-state index < -0.39 is 16.7 Å². The lowest BCUT2D eigenvalue weighted by Crippen LogP contribution is -2.12. The van der Waals surface area contributed by atoms with E-state index in [2.05, 4.69) is 5.10 Å². The Hall–Kier alpha value is -3.03. The van der Waals surface area contributed by atoms with Gasteiger partial charge in [-0.15, -0.1) is 0 Å². The molecule has 1 aromatic heterocycles. The predicted molar refractivity (Wildman–Crippen MR) is 80.4 cm³/mol. The number of carbonyl (C=O) groups is 2. The van der Waals surface area contributed by atoms with Crippen LogP contribution in [0.5, 0.6) is 0 Å². The Morgan fingerprint density at radius 3 is 2.61 bits per heavy atom. The fourth-order valence-electron chi connectivity index (χ4n) is 2.10. The van der Waals surface area contributed by atoms with Gasteiger partial charge in [-0.25, -0.2) is 4.79 Å². The smallest absolute Gasteiger partial charge is 0.356 e. The molecule has 0 atom stereocenters. The second-order valence-corrected chi connectivity index (χ2v) is 4.55. The molecule has 23 heavy (non-hydrogen) atoms. The number of ether oxygens (including phenoxy) is 1. The molecule has 120 valence electrons. The van der Waals surface area contributed by atoms with Gasteiger partial charge in [-0.1, -0.05) is 12.1 Å². The van der Waals surface area contributed by atoms with Crippen LogP contribution in [0, 0.1) is 10.1 Å². The number of nitrogens with zero attached hydrogens (tertiary/aromatic N) is 3. The van der Waals surface area contributed by atoms with Gasteiger partial charge in [0.05, 0.1) is 11.5 Å². The largest absolute Gasteiger partial charge is 0.461 e. The van der Waals surface area contributed by atoms with Crippen LogP contribution in [0.3, 0.4) is 0 Å². The second-order valence-electron chi connectivity index (χ2n) is 4.55. The first-order chi connectivity index (χ1) is 11.0. The van der Waals surface area contributed by atoms with E-state index in [1.165, 1.54) is 35.0 Å². The summed E-state index contributed by atoms with van der Waals surface area (Å²) in [6, 6.07) is 6.90. The van der Waals surface area contributed by atoms with E-state index in [1.54, 1.807) is 13.8 Å². The van der Waals surface area contributed by atoms with E-state index in [9.17, 15) is 19.7 Å². The van der Waals surface area contributed by atoms with Gasteiger partial charge in [0.15, 0.2) is 0 Å². The number of carbonyl (C=O) groups excluding carboxylic acids is 2. The lowest BCUT2D eigenvalue weighted by Gasteiger charge is -2.02. The van der Waals surface area contributed by atoms with Crippen molar-refractivity contribution in [3.05, 3.63) is 57.4 Å². The molecule has 0 saturated heterocycles. The summed E-state index contributed by atoms with van der Waals surface area (Å²) in [5, 5.41) is 15.1. The van der Waals surface area contributed by atoms with Crippen LogP contribution in [-0.2, 0) is 11.3 Å². The first kappa shape index (κ1) is 16.3. The van der Waals surface area contributed by atoms with Crippen LogP contribution in [-0.4, -0.2) is 33.1 Å². The number of aryl methyl sites for hydroxylation is 1. The fraction of sp³-hybridized carbons (Fsp3) is 0.267. The van der Waals surface area contributed by atoms with Crippen LogP contribution < -0.4 is 0 Å². The second kappa shape index (κ2) is 6.82. The Bertz CT molecular complexity index is 766. The Balaban J connectivity index is 2.45. The highest BCUT2D eigenvalue weighted by molar-refractivity contribution is 6.11. The van der Waals surface area contributed by atoms with Crippen molar-refractivity contribution in [2.24, 2.45) is 0 Å². The summed E-state index contributed by atoms with van der Waals surface area (Å²) in [7, 11) is 0. The van der Waals surface area contributed by atoms with E-state index in [0.717, 1.165) is 0 Å². The van der Waals surface area contributed by atoms with Crippen molar-refractivity contribution in [1.82, 2.24) is 9.78 Å². The molecule has 0 fully saturated rings. The van der Waals surface area contributed by atoms with Crippen molar-refractivity contribution in [3.8, 4) is 0 Å². The van der Waals surface area contributed by atoms with Crippen LogP contribution >= 0.6 is 0 Å². The highest BCUT2D eigenvalue weighted by Crippen LogP contribution is 2.21. The topological polar surface area (TPSA) is 104 Å². The summed E-state index contributed by atoms with van der Waals surface area (Å²) in [6.07, 6.45) is 0. The monoisotopic (exact) mass is 317 g/mol. The van der Waals surface area contributed by atoms with Gasteiger partial charge in [0.1, 0.15) is 17.0 Å². The number of rotatable bonds is 6. The molecule has 2 rings (SSSR count). The zero-order valence-electron chi connectivity index (χ0n) is 12.7. The highest BCUT2D eigenvalue weighted by Gasteiger charge is 2.25. The first-order valence-corrected chi connectivity index (χ1v) is 7.02. The number of hydrogen-bond acceptors (Lipinski definition) is 6. The third-order valence-corrected chi connectivity index (χ3v) is 3.14. The molecule has 0 aliphatic carbocycles. The Morgan fingerprint density at radius 2 is 2.00 bits per heavy atom. The molecular weight excluding hydrogens is 302 g/mol. The van der Waals surface area contributed by atoms with E-state index in [0.29, 0.717) is 6.54 Å². The Kier molecular flexibility index (Phi) is 4.85. The van der Waals surface area contributed by atoms with Crippen LogP contribution in [0.15, 0.2) is 30.3 Å². The standard InChI is InChI=1S/C15H15N3O5/c1-3-17-13(15(20)23-4-2)9-11(16-17)14(19)10-7-5-6-8-12(10)18(21)22/h5-9H,3-4H2,1-2H3. The molecule has 8 nitrogen and oxygen atoms in total. The number of benzene rings is 1. The SMILES string of the molecule is CCOC(=O)c1cc(C(=O)c2ccccc2[N+](=O)[O-])nn1CC. The molecule has 2 aromatic rings. The van der Waals surface area contributed by atoms with Gasteiger partial charge in [-0.2, -0.15) is 5.10 Å². The predicted octanol–water partition coefficient (Wildman–Crippen LogP) is 2.22. The summed E-state index contributed by atoms with van der Waals surface area (Å²) < 4.78 is 6.25. The summed E-state index contributed by atoms with van der Waals surface area (Å²) in [6.45, 7) is 3.98. The normalized spacial score (nSPS) is 10.3. The number of aromatic nitrogens is 2. The molecule has 0 unspecified atom stereocenters. The summed E-state index contributed by atoms with van der Waals surface area (Å²) in [4.78, 5) is 34.8. The number of hydrogen-bond donors (Lipinski definition) is 0. The maximum atomic E-state index is 12.5. The molecule has 0 aliphatic heterocycles. The minimum atomic E-state index is -0.629. The number of para-hydroxylation sites is 1. The molecule has 0 saturated carbocycles. The lowest BCUT2D eigenvalue weighted by molar-refractivity contribution is -0.385. The maximum Gasteiger partial charge on any atom is 0.356 e. The van der Waals surface area contributed by atoms with Crippen LogP contribution in [0.4, 0.5) is 5.69 Å². The van der Waals surface area contributed by atoms with E-state index in [4.69, 9.17) is 4.74 Å². The van der Waals surface area contributed by atoms with Crippen molar-refractivity contribution in [1.29, 1.82) is 0 Å². The first-order valence-electron chi connectivity index (χ1n) is 7.02. The molecule has 0 bridgehead atoms. The van der Waals surface area contributed by atoms with Gasteiger partial charge in [0.25, 0.3) is 5.69 Å². The molecule has 1 aromatic carbocycles. The molecule has 0 amide bonds. The van der Waals surface area contributed by atoms with Crippen molar-refractivity contribution < 1.29 is 19.2 Å². The van der Waals surface area contributed by atoms with Gasteiger partial charge >= 0.3 is 5.97 Å². The molecular formula is C15H15N3O5. The van der Waals surface area contributed by atoms with Crippen molar-refractivity contribution in [2.45, 2.75) is 20.4 Å². The molecule has 0 aliphatic rings. The molecule has 0 radical (unpaired) electrons. The lowest BCUT2D eigenvalue weighted by atomic mass is 10.1. The summed E-state index contributed by atoms with van der Waals surface area (Å²) >= 11 is 0. The number of nitro groups is 1. The van der Waals surface area contributed by atoms with Gasteiger partial charge in [-0.3, -0.25) is 19.6 Å². The minimum absolute atomic E-state index is 0.0378. The van der Waals surface area contributed by atoms with Gasteiger partial charge < -0.3 is 4.74 Å². The van der Waals surface area contributed by atoms with Crippen LogP contribution in [0.1, 0.15) is 40.4 Å². The fourth-order valence-corrected chi connectivity index (χ4v) is 2.10. The van der Waals surface area contributed by atoms with Gasteiger partial charge in [0, 0.05) is 18.7 Å². The number of nitro benzene ring substituents is 1. The van der Waals surface area contributed by atoms with Crippen LogP contribution in [0.2, 0.25) is 0 Å². The molecule has 0 spiro atoms. The average molecular weight is 317 g/mol. The molecule has 8 heteroatoms. The highest BCUT2D eigenvalue weighted by atomic mass is 16.6. The van der Waals surface area contributed by atoms with Crippen LogP contribution in [0.25, 0.3) is 0 Å². The molecule has 0 N–H and O–H groups in total. The third-order valence-electron chi connectivity index (χ3n) is 3.14. The number of esters is 1. The van der Waals surface area contributed by atoms with Crippen molar-refractivity contribution >= 4 is 17.4 Å². The summed E-state index contributed by atoms with van der Waals surface area (Å²) in [5.74, 6) is -1.21.